The Labute approximate surface area is 409 Å². The fraction of sp³-hybridized carbons (Fsp3) is 0.206. The monoisotopic (exact) mass is 889 g/mol. The average molecular weight is 890 g/mol. The molecule has 3 atom stereocenters. The molecule has 4 aliphatic rings. The van der Waals surface area contributed by atoms with Gasteiger partial charge in [0.25, 0.3) is 0 Å². The van der Waals surface area contributed by atoms with E-state index in [-0.39, 0.29) is 0 Å². The molecule has 0 N–H and O–H groups in total. The van der Waals surface area contributed by atoms with Gasteiger partial charge in [-0.25, -0.2) is 0 Å². The van der Waals surface area contributed by atoms with Crippen molar-refractivity contribution in [1.82, 2.24) is 0 Å². The van der Waals surface area contributed by atoms with E-state index in [1.54, 1.807) is 0 Å². The number of anilines is 3. The second kappa shape index (κ2) is 17.7. The summed E-state index contributed by atoms with van der Waals surface area (Å²) in [6.45, 7) is 0. The molecule has 4 aliphatic carbocycles. The molecule has 0 aromatic heterocycles. The van der Waals surface area contributed by atoms with E-state index < -0.39 is 5.41 Å². The van der Waals surface area contributed by atoms with Crippen molar-refractivity contribution in [3.05, 3.63) is 258 Å². The van der Waals surface area contributed by atoms with Gasteiger partial charge in [-0.3, -0.25) is 0 Å². The summed E-state index contributed by atoms with van der Waals surface area (Å²) in [7, 11) is 0. The predicted molar refractivity (Wildman–Crippen MR) is 289 cm³/mol. The quantitative estimate of drug-likeness (QED) is 0.132. The largest absolute Gasteiger partial charge is 0.310 e. The number of fused-ring (bicyclic) bond motifs is 5. The summed E-state index contributed by atoms with van der Waals surface area (Å²) >= 11 is 0. The summed E-state index contributed by atoms with van der Waals surface area (Å²) in [5, 5.41) is 0. The lowest BCUT2D eigenvalue weighted by Gasteiger charge is -2.35. The van der Waals surface area contributed by atoms with Crippen LogP contribution in [0, 0.1) is 11.8 Å². The Hall–Kier alpha value is -7.22. The van der Waals surface area contributed by atoms with Gasteiger partial charge in [-0.05, 0) is 170 Å². The van der Waals surface area contributed by atoms with Gasteiger partial charge >= 0.3 is 0 Å². The van der Waals surface area contributed by atoms with E-state index in [4.69, 9.17) is 0 Å². The minimum absolute atomic E-state index is 0.548. The first-order valence-electron chi connectivity index (χ1n) is 25.9. The van der Waals surface area contributed by atoms with Gasteiger partial charge in [0.1, 0.15) is 0 Å². The Bertz CT molecular complexity index is 3200. The summed E-state index contributed by atoms with van der Waals surface area (Å²) in [4.78, 5) is 2.51. The molecular formula is C68H59N. The van der Waals surface area contributed by atoms with Crippen LogP contribution in [0.2, 0.25) is 0 Å². The highest BCUT2D eigenvalue weighted by molar-refractivity contribution is 5.97. The molecule has 1 nitrogen and oxygen atoms in total. The van der Waals surface area contributed by atoms with Crippen LogP contribution in [-0.2, 0) is 5.41 Å². The molecule has 13 rings (SSSR count). The predicted octanol–water partition coefficient (Wildman–Crippen LogP) is 18.5. The first-order valence-corrected chi connectivity index (χ1v) is 25.9. The fourth-order valence-electron chi connectivity index (χ4n) is 13.6. The molecule has 3 fully saturated rings. The van der Waals surface area contributed by atoms with Gasteiger partial charge in [-0.2, -0.15) is 0 Å². The summed E-state index contributed by atoms with van der Waals surface area (Å²) in [5.74, 6) is 3.13. The maximum Gasteiger partial charge on any atom is 0.0714 e. The lowest BCUT2D eigenvalue weighted by molar-refractivity contribution is 0.420. The van der Waals surface area contributed by atoms with Crippen LogP contribution >= 0.6 is 0 Å². The molecule has 3 saturated carbocycles. The second-order valence-corrected chi connectivity index (χ2v) is 20.6. The minimum Gasteiger partial charge on any atom is -0.310 e. The Morgan fingerprint density at radius 3 is 1.51 bits per heavy atom. The highest BCUT2D eigenvalue weighted by atomic mass is 15.1. The van der Waals surface area contributed by atoms with Crippen molar-refractivity contribution in [1.29, 1.82) is 0 Å². The molecule has 69 heavy (non-hydrogen) atoms. The number of rotatable bonds is 10. The molecule has 336 valence electrons. The van der Waals surface area contributed by atoms with E-state index >= 15 is 0 Å². The minimum atomic E-state index is -0.548. The van der Waals surface area contributed by atoms with Crippen LogP contribution in [0.4, 0.5) is 17.1 Å². The maximum atomic E-state index is 2.52. The molecule has 0 heterocycles. The van der Waals surface area contributed by atoms with Gasteiger partial charge in [0.05, 0.1) is 5.41 Å². The molecule has 0 spiro atoms. The Kier molecular flexibility index (Phi) is 10.8. The van der Waals surface area contributed by atoms with Crippen molar-refractivity contribution in [2.75, 3.05) is 4.90 Å². The van der Waals surface area contributed by atoms with Gasteiger partial charge < -0.3 is 4.90 Å². The van der Waals surface area contributed by atoms with Crippen molar-refractivity contribution in [2.45, 2.75) is 75.0 Å². The lowest BCUT2D eigenvalue weighted by atomic mass is 9.67. The zero-order chi connectivity index (χ0) is 45.7. The molecular weight excluding hydrogens is 831 g/mol. The molecule has 3 unspecified atom stereocenters. The van der Waals surface area contributed by atoms with E-state index in [0.29, 0.717) is 11.8 Å². The van der Waals surface area contributed by atoms with Crippen molar-refractivity contribution in [2.24, 2.45) is 11.8 Å². The van der Waals surface area contributed by atoms with Crippen LogP contribution in [0.3, 0.4) is 0 Å². The zero-order valence-corrected chi connectivity index (χ0v) is 39.5. The number of hydrogen-bond donors (Lipinski definition) is 0. The summed E-state index contributed by atoms with van der Waals surface area (Å²) in [6, 6.07) is 85.2. The fourth-order valence-corrected chi connectivity index (χ4v) is 13.6. The Morgan fingerprint density at radius 1 is 0.362 bits per heavy atom. The van der Waals surface area contributed by atoms with Crippen LogP contribution in [0.25, 0.3) is 44.5 Å². The van der Waals surface area contributed by atoms with Crippen molar-refractivity contribution in [3.8, 4) is 44.5 Å². The van der Waals surface area contributed by atoms with Crippen LogP contribution in [0.15, 0.2) is 224 Å². The van der Waals surface area contributed by atoms with Gasteiger partial charge in [0.15, 0.2) is 0 Å². The molecule has 0 amide bonds. The van der Waals surface area contributed by atoms with Gasteiger partial charge in [0.2, 0.25) is 0 Å². The first kappa shape index (κ1) is 41.9. The summed E-state index contributed by atoms with van der Waals surface area (Å²) in [5.41, 5.74) is 21.2. The molecule has 2 bridgehead atoms. The molecule has 0 saturated heterocycles. The number of benzene rings is 9. The summed E-state index contributed by atoms with van der Waals surface area (Å²) in [6.07, 6.45) is 12.3. The van der Waals surface area contributed by atoms with Crippen LogP contribution in [-0.4, -0.2) is 0 Å². The van der Waals surface area contributed by atoms with Gasteiger partial charge in [0, 0.05) is 17.1 Å². The lowest BCUT2D eigenvalue weighted by Crippen LogP contribution is -2.28. The number of hydrogen-bond acceptors (Lipinski definition) is 1. The molecule has 0 aliphatic heterocycles. The second-order valence-electron chi connectivity index (χ2n) is 20.6. The van der Waals surface area contributed by atoms with Gasteiger partial charge in [-0.15, -0.1) is 0 Å². The standard InChI is InChI=1S/C68H59N/c1-5-16-48(17-6-1)49-30-32-51(33-31-49)60-24-13-14-25-61(60)52-34-38-57(39-35-52)69(58-40-36-53(37-41-58)64-45-47-28-29-54(64)44-47)59-42-43-63-66(46-59)68(55-20-9-3-10-21-55,56-22-11-4-12-23-56)65-27-15-26-62(67(63)65)50-18-7-2-8-19-50/h2-4,7-15,18-27,30-43,46-48,54,64H,1,5-6,16-17,28-29,44-45H2. The van der Waals surface area contributed by atoms with Crippen LogP contribution in [0.5, 0.6) is 0 Å². The van der Waals surface area contributed by atoms with Crippen molar-refractivity contribution < 1.29 is 0 Å². The van der Waals surface area contributed by atoms with Crippen LogP contribution < -0.4 is 4.90 Å². The Balaban J connectivity index is 0.958. The van der Waals surface area contributed by atoms with Crippen LogP contribution in [0.1, 0.15) is 103 Å². The van der Waals surface area contributed by atoms with E-state index in [2.05, 4.69) is 229 Å². The van der Waals surface area contributed by atoms with Crippen molar-refractivity contribution >= 4 is 17.1 Å². The van der Waals surface area contributed by atoms with E-state index in [1.165, 1.54) is 141 Å². The average Bonchev–Trinajstić information content (AvgIpc) is 4.16. The molecule has 0 radical (unpaired) electrons. The third-order valence-corrected chi connectivity index (χ3v) is 16.9. The molecule has 9 aromatic rings. The molecule has 9 aromatic carbocycles. The van der Waals surface area contributed by atoms with E-state index in [0.717, 1.165) is 23.2 Å². The van der Waals surface area contributed by atoms with E-state index in [1.807, 2.05) is 0 Å². The number of nitrogens with zero attached hydrogens (tertiary/aromatic N) is 1. The topological polar surface area (TPSA) is 3.24 Å². The first-order chi connectivity index (χ1) is 34.2. The third-order valence-electron chi connectivity index (χ3n) is 16.9. The van der Waals surface area contributed by atoms with Crippen molar-refractivity contribution in [3.63, 3.8) is 0 Å². The summed E-state index contributed by atoms with van der Waals surface area (Å²) < 4.78 is 0. The highest BCUT2D eigenvalue weighted by Crippen LogP contribution is 2.60. The normalized spacial score (nSPS) is 19.0. The zero-order valence-electron chi connectivity index (χ0n) is 39.5. The maximum absolute atomic E-state index is 2.52. The highest BCUT2D eigenvalue weighted by Gasteiger charge is 2.47. The SMILES string of the molecule is c1ccc(-c2cccc3c2-c2ccc(N(c4ccc(-c5ccccc5-c5ccc(C6CCCCC6)cc5)cc4)c4ccc(C5CC6CCC5C6)cc4)cc2C3(c2ccccc2)c2ccccc2)cc1. The Morgan fingerprint density at radius 2 is 0.899 bits per heavy atom. The smallest absolute Gasteiger partial charge is 0.0714 e. The van der Waals surface area contributed by atoms with Gasteiger partial charge in [-0.1, -0.05) is 214 Å². The third kappa shape index (κ3) is 7.29. The molecule has 1 heteroatoms. The van der Waals surface area contributed by atoms with E-state index in [9.17, 15) is 0 Å².